The van der Waals surface area contributed by atoms with Gasteiger partial charge in [0.15, 0.2) is 0 Å². The molecule has 0 atom stereocenters. The molecule has 0 bridgehead atoms. The van der Waals surface area contributed by atoms with E-state index in [9.17, 15) is 9.59 Å². The van der Waals surface area contributed by atoms with Gasteiger partial charge in [-0.3, -0.25) is 14.2 Å². The second-order valence-corrected chi connectivity index (χ2v) is 7.86. The molecule has 0 aliphatic heterocycles. The fourth-order valence-corrected chi connectivity index (χ4v) is 4.16. The lowest BCUT2D eigenvalue weighted by atomic mass is 10.2. The number of rotatable bonds is 4. The summed E-state index contributed by atoms with van der Waals surface area (Å²) in [4.78, 5) is 30.4. The summed E-state index contributed by atoms with van der Waals surface area (Å²) in [5, 5.41) is 3.26. The summed E-state index contributed by atoms with van der Waals surface area (Å²) in [7, 11) is 0. The van der Waals surface area contributed by atoms with Crippen molar-refractivity contribution in [3.63, 3.8) is 0 Å². The summed E-state index contributed by atoms with van der Waals surface area (Å²) < 4.78 is 1.79. The SMILES string of the molecule is O=C(Cn1cnc2cc(-c3ccccc3)sc2c1=O)Nc1cccc(Cl)c1Cl. The maximum Gasteiger partial charge on any atom is 0.271 e. The normalized spacial score (nSPS) is 10.9. The standard InChI is InChI=1S/C20H13Cl2N3O2S/c21-13-7-4-8-14(18(13)22)24-17(26)10-25-11-23-15-9-16(28-19(15)20(25)27)12-5-2-1-3-6-12/h1-9,11H,10H2,(H,24,26). The number of amides is 1. The van der Waals surface area contributed by atoms with Gasteiger partial charge in [-0.1, -0.05) is 59.6 Å². The zero-order valence-electron chi connectivity index (χ0n) is 14.4. The van der Waals surface area contributed by atoms with Crippen LogP contribution in [-0.4, -0.2) is 15.5 Å². The predicted molar refractivity (Wildman–Crippen MR) is 114 cm³/mol. The quantitative estimate of drug-likeness (QED) is 0.492. The molecule has 1 amide bonds. The number of halogens is 2. The van der Waals surface area contributed by atoms with Gasteiger partial charge >= 0.3 is 0 Å². The van der Waals surface area contributed by atoms with Crippen molar-refractivity contribution in [3.8, 4) is 10.4 Å². The Labute approximate surface area is 174 Å². The molecule has 0 aliphatic carbocycles. The summed E-state index contributed by atoms with van der Waals surface area (Å²) in [5.74, 6) is -0.396. The number of hydrogen-bond donors (Lipinski definition) is 1. The first-order chi connectivity index (χ1) is 13.5. The number of nitrogens with zero attached hydrogens (tertiary/aromatic N) is 2. The minimum Gasteiger partial charge on any atom is -0.323 e. The van der Waals surface area contributed by atoms with E-state index in [4.69, 9.17) is 23.2 Å². The smallest absolute Gasteiger partial charge is 0.271 e. The van der Waals surface area contributed by atoms with E-state index < -0.39 is 5.91 Å². The van der Waals surface area contributed by atoms with E-state index in [1.165, 1.54) is 22.2 Å². The van der Waals surface area contributed by atoms with Crippen molar-refractivity contribution in [1.82, 2.24) is 9.55 Å². The molecule has 4 rings (SSSR count). The number of hydrogen-bond acceptors (Lipinski definition) is 4. The number of carbonyl (C=O) groups is 1. The first-order valence-corrected chi connectivity index (χ1v) is 9.88. The third kappa shape index (κ3) is 3.67. The number of benzene rings is 2. The van der Waals surface area contributed by atoms with E-state index >= 15 is 0 Å². The average Bonchev–Trinajstić information content (AvgIpc) is 3.14. The summed E-state index contributed by atoms with van der Waals surface area (Å²) in [6, 6.07) is 16.6. The molecule has 5 nitrogen and oxygen atoms in total. The Hall–Kier alpha value is -2.67. The van der Waals surface area contributed by atoms with Crippen molar-refractivity contribution in [2.24, 2.45) is 0 Å². The Morgan fingerprint density at radius 3 is 2.68 bits per heavy atom. The van der Waals surface area contributed by atoms with Crippen LogP contribution in [-0.2, 0) is 11.3 Å². The van der Waals surface area contributed by atoms with E-state index in [-0.39, 0.29) is 17.1 Å². The molecule has 0 fully saturated rings. The van der Waals surface area contributed by atoms with Crippen LogP contribution in [0.2, 0.25) is 10.0 Å². The van der Waals surface area contributed by atoms with E-state index in [0.717, 1.165) is 10.4 Å². The molecule has 0 saturated carbocycles. The van der Waals surface area contributed by atoms with Crippen LogP contribution in [0.25, 0.3) is 20.7 Å². The maximum atomic E-state index is 12.8. The molecule has 4 aromatic rings. The Morgan fingerprint density at radius 2 is 1.89 bits per heavy atom. The van der Waals surface area contributed by atoms with Crippen LogP contribution < -0.4 is 10.9 Å². The Morgan fingerprint density at radius 1 is 1.11 bits per heavy atom. The maximum absolute atomic E-state index is 12.8. The molecular formula is C20H13Cl2N3O2S. The van der Waals surface area contributed by atoms with Crippen molar-refractivity contribution in [2.75, 3.05) is 5.32 Å². The Bertz CT molecular complexity index is 1240. The molecule has 2 heterocycles. The Kier molecular flexibility index (Phi) is 5.17. The van der Waals surface area contributed by atoms with Gasteiger partial charge in [-0.15, -0.1) is 11.3 Å². The average molecular weight is 430 g/mol. The molecule has 0 aliphatic rings. The molecule has 8 heteroatoms. The van der Waals surface area contributed by atoms with Gasteiger partial charge in [-0.2, -0.15) is 0 Å². The van der Waals surface area contributed by atoms with Crippen molar-refractivity contribution in [1.29, 1.82) is 0 Å². The number of carbonyl (C=O) groups excluding carboxylic acids is 1. The topological polar surface area (TPSA) is 64.0 Å². The molecule has 0 radical (unpaired) electrons. The van der Waals surface area contributed by atoms with Gasteiger partial charge < -0.3 is 5.32 Å². The van der Waals surface area contributed by atoms with Crippen LogP contribution in [0.4, 0.5) is 5.69 Å². The van der Waals surface area contributed by atoms with Crippen LogP contribution >= 0.6 is 34.5 Å². The summed E-state index contributed by atoms with van der Waals surface area (Å²) in [6.07, 6.45) is 1.38. The number of aromatic nitrogens is 2. The molecule has 140 valence electrons. The number of fused-ring (bicyclic) bond motifs is 1. The monoisotopic (exact) mass is 429 g/mol. The van der Waals surface area contributed by atoms with Crippen LogP contribution in [0.1, 0.15) is 0 Å². The van der Waals surface area contributed by atoms with Gasteiger partial charge in [0.2, 0.25) is 5.91 Å². The third-order valence-corrected chi connectivity index (χ3v) is 6.08. The van der Waals surface area contributed by atoms with Gasteiger partial charge in [0, 0.05) is 4.88 Å². The van der Waals surface area contributed by atoms with Crippen molar-refractivity contribution < 1.29 is 4.79 Å². The second-order valence-electron chi connectivity index (χ2n) is 6.02. The minimum absolute atomic E-state index is 0.177. The molecule has 0 unspecified atom stereocenters. The molecule has 1 N–H and O–H groups in total. The zero-order valence-corrected chi connectivity index (χ0v) is 16.7. The van der Waals surface area contributed by atoms with E-state index in [1.807, 2.05) is 36.4 Å². The number of thiophene rings is 1. The van der Waals surface area contributed by atoms with Crippen LogP contribution in [0.15, 0.2) is 65.7 Å². The highest BCUT2D eigenvalue weighted by Gasteiger charge is 2.13. The first-order valence-electron chi connectivity index (χ1n) is 8.31. The van der Waals surface area contributed by atoms with Gasteiger partial charge in [0.25, 0.3) is 5.56 Å². The molecule has 2 aromatic carbocycles. The highest BCUT2D eigenvalue weighted by molar-refractivity contribution is 7.22. The lowest BCUT2D eigenvalue weighted by Gasteiger charge is -2.09. The second kappa shape index (κ2) is 7.75. The third-order valence-electron chi connectivity index (χ3n) is 4.10. The van der Waals surface area contributed by atoms with E-state index in [0.29, 0.717) is 20.9 Å². The molecule has 2 aromatic heterocycles. The number of anilines is 1. The van der Waals surface area contributed by atoms with Gasteiger partial charge in [0.1, 0.15) is 11.2 Å². The highest BCUT2D eigenvalue weighted by atomic mass is 35.5. The molecular weight excluding hydrogens is 417 g/mol. The van der Waals surface area contributed by atoms with Crippen LogP contribution in [0.3, 0.4) is 0 Å². The molecule has 0 spiro atoms. The summed E-state index contributed by atoms with van der Waals surface area (Å²) >= 11 is 13.4. The largest absolute Gasteiger partial charge is 0.323 e. The predicted octanol–water partition coefficient (Wildman–Crippen LogP) is 5.07. The lowest BCUT2D eigenvalue weighted by Crippen LogP contribution is -2.27. The summed E-state index contributed by atoms with van der Waals surface area (Å²) in [5.41, 5.74) is 1.77. The minimum atomic E-state index is -0.396. The van der Waals surface area contributed by atoms with Crippen molar-refractivity contribution in [2.45, 2.75) is 6.54 Å². The molecule has 0 saturated heterocycles. The molecule has 28 heavy (non-hydrogen) atoms. The number of nitrogens with one attached hydrogen (secondary N) is 1. The lowest BCUT2D eigenvalue weighted by molar-refractivity contribution is -0.116. The van der Waals surface area contributed by atoms with Crippen LogP contribution in [0.5, 0.6) is 0 Å². The van der Waals surface area contributed by atoms with Gasteiger partial charge in [0.05, 0.1) is 27.6 Å². The Balaban J connectivity index is 1.61. The fourth-order valence-electron chi connectivity index (χ4n) is 2.75. The van der Waals surface area contributed by atoms with E-state index in [2.05, 4.69) is 10.3 Å². The van der Waals surface area contributed by atoms with Crippen molar-refractivity contribution >= 4 is 56.3 Å². The first kappa shape index (κ1) is 18.7. The van der Waals surface area contributed by atoms with E-state index in [1.54, 1.807) is 18.2 Å². The van der Waals surface area contributed by atoms with Crippen molar-refractivity contribution in [3.05, 3.63) is 81.3 Å². The highest BCUT2D eigenvalue weighted by Crippen LogP contribution is 2.31. The fraction of sp³-hybridized carbons (Fsp3) is 0.0500. The van der Waals surface area contributed by atoms with Crippen LogP contribution in [0, 0.1) is 0 Å². The van der Waals surface area contributed by atoms with Gasteiger partial charge in [-0.05, 0) is 23.8 Å². The zero-order chi connectivity index (χ0) is 19.7. The summed E-state index contributed by atoms with van der Waals surface area (Å²) in [6.45, 7) is -0.177. The van der Waals surface area contributed by atoms with Gasteiger partial charge in [-0.25, -0.2) is 4.98 Å².